The van der Waals surface area contributed by atoms with Crippen molar-refractivity contribution in [1.82, 2.24) is 0 Å². The number of rotatable bonds is 4. The van der Waals surface area contributed by atoms with Crippen LogP contribution >= 0.6 is 27.5 Å². The minimum absolute atomic E-state index is 0.0178. The molecule has 0 aliphatic carbocycles. The van der Waals surface area contributed by atoms with Crippen LogP contribution in [0.2, 0.25) is 5.02 Å². The zero-order valence-electron chi connectivity index (χ0n) is 10.5. The van der Waals surface area contributed by atoms with Crippen LogP contribution in [0, 0.1) is 5.82 Å². The van der Waals surface area contributed by atoms with Gasteiger partial charge in [-0.15, -0.1) is 0 Å². The largest absolute Gasteiger partial charge is 0.487 e. The predicted octanol–water partition coefficient (Wildman–Crippen LogP) is 3.47. The maximum absolute atomic E-state index is 13.7. The molecule has 0 spiro atoms. The first kappa shape index (κ1) is 16.2. The molecule has 0 aliphatic rings. The van der Waals surface area contributed by atoms with Gasteiger partial charge in [-0.3, -0.25) is 0 Å². The van der Waals surface area contributed by atoms with Crippen LogP contribution in [-0.4, -0.2) is 8.42 Å². The van der Waals surface area contributed by atoms with Gasteiger partial charge in [-0.1, -0.05) is 33.6 Å². The highest BCUT2D eigenvalue weighted by Crippen LogP contribution is 2.27. The van der Waals surface area contributed by atoms with Crippen molar-refractivity contribution in [3.8, 4) is 5.75 Å². The van der Waals surface area contributed by atoms with Gasteiger partial charge in [0.15, 0.2) is 0 Å². The summed E-state index contributed by atoms with van der Waals surface area (Å²) in [7, 11) is -3.99. The smallest absolute Gasteiger partial charge is 0.241 e. The molecule has 4 nitrogen and oxygen atoms in total. The lowest BCUT2D eigenvalue weighted by Crippen LogP contribution is -2.14. The molecular formula is C13H10BrClFNO3S. The first-order valence-electron chi connectivity index (χ1n) is 5.66. The Labute approximate surface area is 134 Å². The Kier molecular flexibility index (Phi) is 4.88. The molecule has 0 heterocycles. The molecule has 0 unspecified atom stereocenters. The number of hydrogen-bond donors (Lipinski definition) is 1. The standard InChI is InChI=1S/C13H10BrClFNO3S/c14-9-2-1-8(11(16)5-9)7-20-12-4-3-10(15)6-13(12)21(17,18)19/h1-6H,7H2,(H2,17,18,19). The van der Waals surface area contributed by atoms with Crippen LogP contribution in [0.4, 0.5) is 4.39 Å². The molecule has 0 fully saturated rings. The minimum Gasteiger partial charge on any atom is -0.487 e. The summed E-state index contributed by atoms with van der Waals surface area (Å²) in [6.45, 7) is -0.136. The van der Waals surface area contributed by atoms with E-state index in [2.05, 4.69) is 15.9 Å². The van der Waals surface area contributed by atoms with E-state index in [1.165, 1.54) is 30.3 Å². The van der Waals surface area contributed by atoms with Crippen LogP contribution in [0.15, 0.2) is 45.8 Å². The highest BCUT2D eigenvalue weighted by molar-refractivity contribution is 9.10. The van der Waals surface area contributed by atoms with Crippen molar-refractivity contribution in [2.24, 2.45) is 5.14 Å². The second-order valence-electron chi connectivity index (χ2n) is 4.16. The van der Waals surface area contributed by atoms with E-state index in [0.29, 0.717) is 4.47 Å². The van der Waals surface area contributed by atoms with Gasteiger partial charge in [0.05, 0.1) is 0 Å². The zero-order valence-corrected chi connectivity index (χ0v) is 13.7. The van der Waals surface area contributed by atoms with Crippen LogP contribution in [0.5, 0.6) is 5.75 Å². The Bertz CT molecular complexity index is 783. The van der Waals surface area contributed by atoms with Crippen molar-refractivity contribution in [2.75, 3.05) is 0 Å². The summed E-state index contributed by atoms with van der Waals surface area (Å²) in [5.74, 6) is -0.445. The molecule has 0 saturated carbocycles. The SMILES string of the molecule is NS(=O)(=O)c1cc(Cl)ccc1OCc1ccc(Br)cc1F. The Morgan fingerprint density at radius 1 is 1.24 bits per heavy atom. The number of halogens is 3. The molecule has 0 saturated heterocycles. The van der Waals surface area contributed by atoms with Gasteiger partial charge in [-0.25, -0.2) is 17.9 Å². The third-order valence-corrected chi connectivity index (χ3v) is 4.27. The molecule has 2 rings (SSSR count). The van der Waals surface area contributed by atoms with Crippen molar-refractivity contribution in [3.05, 3.63) is 57.3 Å². The number of ether oxygens (including phenoxy) is 1. The maximum Gasteiger partial charge on any atom is 0.241 e. The summed E-state index contributed by atoms with van der Waals surface area (Å²) in [5, 5.41) is 5.31. The molecule has 112 valence electrons. The summed E-state index contributed by atoms with van der Waals surface area (Å²) >= 11 is 8.89. The Morgan fingerprint density at radius 2 is 1.95 bits per heavy atom. The summed E-state index contributed by atoms with van der Waals surface area (Å²) < 4.78 is 42.6. The van der Waals surface area contributed by atoms with E-state index in [9.17, 15) is 12.8 Å². The molecule has 0 aromatic heterocycles. The van der Waals surface area contributed by atoms with E-state index in [0.717, 1.165) is 0 Å². The van der Waals surface area contributed by atoms with Crippen LogP contribution in [0.1, 0.15) is 5.56 Å². The highest BCUT2D eigenvalue weighted by Gasteiger charge is 2.16. The van der Waals surface area contributed by atoms with Gasteiger partial charge in [0.1, 0.15) is 23.1 Å². The van der Waals surface area contributed by atoms with Crippen molar-refractivity contribution in [1.29, 1.82) is 0 Å². The van der Waals surface area contributed by atoms with Crippen molar-refractivity contribution in [2.45, 2.75) is 11.5 Å². The second kappa shape index (κ2) is 6.31. The molecule has 0 atom stereocenters. The molecule has 2 aromatic rings. The first-order chi connectivity index (χ1) is 9.77. The molecule has 21 heavy (non-hydrogen) atoms. The fourth-order valence-electron chi connectivity index (χ4n) is 1.62. The molecule has 0 amide bonds. The van der Waals surface area contributed by atoms with Gasteiger partial charge in [0.2, 0.25) is 10.0 Å². The van der Waals surface area contributed by atoms with Crippen molar-refractivity contribution in [3.63, 3.8) is 0 Å². The summed E-state index contributed by atoms with van der Waals surface area (Å²) in [6.07, 6.45) is 0. The van der Waals surface area contributed by atoms with Crippen LogP contribution < -0.4 is 9.88 Å². The summed E-state index contributed by atoms with van der Waals surface area (Å²) in [5.41, 5.74) is 0.286. The van der Waals surface area contributed by atoms with E-state index in [-0.39, 0.29) is 27.8 Å². The Morgan fingerprint density at radius 3 is 2.57 bits per heavy atom. The fraction of sp³-hybridized carbons (Fsp3) is 0.0769. The predicted molar refractivity (Wildman–Crippen MR) is 81.3 cm³/mol. The normalized spacial score (nSPS) is 11.4. The minimum atomic E-state index is -3.99. The van der Waals surface area contributed by atoms with E-state index in [1.54, 1.807) is 6.07 Å². The quantitative estimate of drug-likeness (QED) is 0.863. The molecule has 8 heteroatoms. The van der Waals surface area contributed by atoms with Crippen LogP contribution in [0.25, 0.3) is 0 Å². The zero-order chi connectivity index (χ0) is 15.6. The maximum atomic E-state index is 13.7. The number of primary sulfonamides is 1. The van der Waals surface area contributed by atoms with Crippen molar-refractivity contribution >= 4 is 37.6 Å². The third-order valence-electron chi connectivity index (χ3n) is 2.61. The number of nitrogens with two attached hydrogens (primary N) is 1. The molecule has 0 bridgehead atoms. The monoisotopic (exact) mass is 393 g/mol. The first-order valence-corrected chi connectivity index (χ1v) is 8.38. The average Bonchev–Trinajstić information content (AvgIpc) is 2.38. The van der Waals surface area contributed by atoms with E-state index in [4.69, 9.17) is 21.5 Å². The van der Waals surface area contributed by atoms with E-state index < -0.39 is 15.8 Å². The van der Waals surface area contributed by atoms with E-state index in [1.807, 2.05) is 0 Å². The average molecular weight is 395 g/mol. The van der Waals surface area contributed by atoms with Crippen molar-refractivity contribution < 1.29 is 17.5 Å². The van der Waals surface area contributed by atoms with Gasteiger partial charge in [-0.2, -0.15) is 0 Å². The van der Waals surface area contributed by atoms with E-state index >= 15 is 0 Å². The third kappa shape index (κ3) is 4.16. The van der Waals surface area contributed by atoms with Gasteiger partial charge in [0, 0.05) is 15.1 Å². The number of benzene rings is 2. The molecule has 0 aliphatic heterocycles. The molecule has 0 radical (unpaired) electrons. The topological polar surface area (TPSA) is 69.4 Å². The van der Waals surface area contributed by atoms with Crippen LogP contribution in [-0.2, 0) is 16.6 Å². The molecule has 2 N–H and O–H groups in total. The highest BCUT2D eigenvalue weighted by atomic mass is 79.9. The Hall–Kier alpha value is -1.15. The fourth-order valence-corrected chi connectivity index (χ4v) is 2.89. The number of hydrogen-bond acceptors (Lipinski definition) is 3. The lowest BCUT2D eigenvalue weighted by atomic mass is 10.2. The Balaban J connectivity index is 2.28. The molecular weight excluding hydrogens is 385 g/mol. The van der Waals surface area contributed by atoms with Gasteiger partial charge in [-0.05, 0) is 30.3 Å². The lowest BCUT2D eigenvalue weighted by molar-refractivity contribution is 0.292. The molecule has 2 aromatic carbocycles. The van der Waals surface area contributed by atoms with Gasteiger partial charge >= 0.3 is 0 Å². The lowest BCUT2D eigenvalue weighted by Gasteiger charge is -2.11. The summed E-state index contributed by atoms with van der Waals surface area (Å²) in [6, 6.07) is 8.50. The van der Waals surface area contributed by atoms with Crippen LogP contribution in [0.3, 0.4) is 0 Å². The summed E-state index contributed by atoms with van der Waals surface area (Å²) in [4.78, 5) is -0.243. The van der Waals surface area contributed by atoms with Gasteiger partial charge in [0.25, 0.3) is 0 Å². The second-order valence-corrected chi connectivity index (χ2v) is 7.04. The van der Waals surface area contributed by atoms with Gasteiger partial charge < -0.3 is 4.74 Å². The number of sulfonamides is 1.